The lowest BCUT2D eigenvalue weighted by Crippen LogP contribution is -2.16. The van der Waals surface area contributed by atoms with E-state index in [1.807, 2.05) is 53.1 Å². The predicted molar refractivity (Wildman–Crippen MR) is 123 cm³/mol. The summed E-state index contributed by atoms with van der Waals surface area (Å²) in [6.45, 7) is 3.38. The minimum atomic E-state index is -0.501. The number of rotatable bonds is 6. The number of carbonyl (C=O) groups is 2. The van der Waals surface area contributed by atoms with Gasteiger partial charge in [0.15, 0.2) is 0 Å². The van der Waals surface area contributed by atoms with Crippen molar-refractivity contribution in [2.45, 2.75) is 0 Å². The Hall–Kier alpha value is -4.59. The van der Waals surface area contributed by atoms with Crippen molar-refractivity contribution in [3.05, 3.63) is 84.9 Å². The van der Waals surface area contributed by atoms with Gasteiger partial charge in [-0.25, -0.2) is 4.98 Å². The zero-order chi connectivity index (χ0) is 22.7. The first-order valence-electron chi connectivity index (χ1n) is 9.70. The third-order valence-corrected chi connectivity index (χ3v) is 4.82. The Morgan fingerprint density at radius 3 is 2.53 bits per heavy atom. The fourth-order valence-corrected chi connectivity index (χ4v) is 3.24. The van der Waals surface area contributed by atoms with E-state index in [-0.39, 0.29) is 17.0 Å². The number of fused-ring (bicyclic) bond motifs is 1. The van der Waals surface area contributed by atoms with E-state index in [1.165, 1.54) is 18.2 Å². The van der Waals surface area contributed by atoms with Gasteiger partial charge in [0.2, 0.25) is 11.9 Å². The Labute approximate surface area is 183 Å². The minimum absolute atomic E-state index is 0.103. The molecule has 0 radical (unpaired) electrons. The van der Waals surface area contributed by atoms with Crippen LogP contribution >= 0.6 is 0 Å². The monoisotopic (exact) mass is 428 g/mol. The molecule has 0 spiro atoms. The Balaban J connectivity index is 1.71. The SMILES string of the molecule is C=CC(=O)Nc1cc(C(=O)Nc2nc3ccccc3n2-c2ccc(OC)cc2)ccc1O. The largest absolute Gasteiger partial charge is 0.506 e. The number of imidazole rings is 1. The highest BCUT2D eigenvalue weighted by Gasteiger charge is 2.17. The summed E-state index contributed by atoms with van der Waals surface area (Å²) in [4.78, 5) is 29.2. The van der Waals surface area contributed by atoms with Crippen LogP contribution in [0.2, 0.25) is 0 Å². The zero-order valence-corrected chi connectivity index (χ0v) is 17.2. The van der Waals surface area contributed by atoms with Gasteiger partial charge in [-0.2, -0.15) is 0 Å². The van der Waals surface area contributed by atoms with E-state index in [4.69, 9.17) is 4.74 Å². The van der Waals surface area contributed by atoms with Crippen molar-refractivity contribution in [1.82, 2.24) is 9.55 Å². The van der Waals surface area contributed by atoms with Gasteiger partial charge in [0.05, 0.1) is 23.8 Å². The summed E-state index contributed by atoms with van der Waals surface area (Å²) < 4.78 is 7.06. The first kappa shape index (κ1) is 20.7. The first-order valence-corrected chi connectivity index (χ1v) is 9.70. The summed E-state index contributed by atoms with van der Waals surface area (Å²) in [7, 11) is 1.59. The molecule has 4 aromatic rings. The Morgan fingerprint density at radius 2 is 1.81 bits per heavy atom. The summed E-state index contributed by atoms with van der Waals surface area (Å²) in [6.07, 6.45) is 1.07. The summed E-state index contributed by atoms with van der Waals surface area (Å²) in [5.74, 6) is -0.0846. The lowest BCUT2D eigenvalue weighted by Gasteiger charge is -2.12. The highest BCUT2D eigenvalue weighted by molar-refractivity contribution is 6.06. The van der Waals surface area contributed by atoms with E-state index >= 15 is 0 Å². The van der Waals surface area contributed by atoms with Crippen LogP contribution in [0.1, 0.15) is 10.4 Å². The van der Waals surface area contributed by atoms with Crippen LogP contribution < -0.4 is 15.4 Å². The number of amides is 2. The molecule has 0 atom stereocenters. The Morgan fingerprint density at radius 1 is 1.06 bits per heavy atom. The van der Waals surface area contributed by atoms with Gasteiger partial charge < -0.3 is 15.2 Å². The molecule has 32 heavy (non-hydrogen) atoms. The molecule has 0 bridgehead atoms. The van der Waals surface area contributed by atoms with Crippen LogP contribution in [-0.2, 0) is 4.79 Å². The average molecular weight is 428 g/mol. The molecule has 4 rings (SSSR count). The van der Waals surface area contributed by atoms with E-state index < -0.39 is 11.8 Å². The molecule has 0 saturated heterocycles. The molecule has 2 amide bonds. The van der Waals surface area contributed by atoms with Crippen LogP contribution in [-0.4, -0.2) is 33.6 Å². The molecule has 8 nitrogen and oxygen atoms in total. The topological polar surface area (TPSA) is 105 Å². The molecule has 0 saturated carbocycles. The molecule has 3 aromatic carbocycles. The molecule has 8 heteroatoms. The first-order chi connectivity index (χ1) is 15.5. The van der Waals surface area contributed by atoms with Gasteiger partial charge in [0.1, 0.15) is 11.5 Å². The molecule has 1 aromatic heterocycles. The number of nitrogens with zero attached hydrogens (tertiary/aromatic N) is 2. The fraction of sp³-hybridized carbons (Fsp3) is 0.0417. The highest BCUT2D eigenvalue weighted by Crippen LogP contribution is 2.28. The number of phenolic OH excluding ortho intramolecular Hbond substituents is 1. The number of aromatic nitrogens is 2. The molecule has 0 fully saturated rings. The number of anilines is 2. The van der Waals surface area contributed by atoms with Crippen molar-refractivity contribution in [3.63, 3.8) is 0 Å². The van der Waals surface area contributed by atoms with Gasteiger partial charge in [-0.3, -0.25) is 19.5 Å². The zero-order valence-electron chi connectivity index (χ0n) is 17.2. The molecular weight excluding hydrogens is 408 g/mol. The quantitative estimate of drug-likeness (QED) is 0.317. The summed E-state index contributed by atoms with van der Waals surface area (Å²) in [6, 6.07) is 19.1. The Bertz CT molecular complexity index is 1330. The number of methoxy groups -OCH3 is 1. The molecule has 0 aliphatic heterocycles. The van der Waals surface area contributed by atoms with Crippen molar-refractivity contribution in [2.75, 3.05) is 17.7 Å². The normalized spacial score (nSPS) is 10.5. The van der Waals surface area contributed by atoms with Crippen LogP contribution in [0.25, 0.3) is 16.7 Å². The highest BCUT2D eigenvalue weighted by atomic mass is 16.5. The van der Waals surface area contributed by atoms with Crippen LogP contribution in [0.3, 0.4) is 0 Å². The van der Waals surface area contributed by atoms with Crippen molar-refractivity contribution in [3.8, 4) is 17.2 Å². The van der Waals surface area contributed by atoms with Crippen molar-refractivity contribution < 1.29 is 19.4 Å². The van der Waals surface area contributed by atoms with Gasteiger partial charge in [-0.15, -0.1) is 0 Å². The van der Waals surface area contributed by atoms with Gasteiger partial charge in [-0.1, -0.05) is 18.7 Å². The summed E-state index contributed by atoms with van der Waals surface area (Å²) in [5.41, 5.74) is 2.65. The number of para-hydroxylation sites is 2. The molecule has 0 aliphatic carbocycles. The van der Waals surface area contributed by atoms with Gasteiger partial charge in [-0.05, 0) is 60.7 Å². The number of nitrogens with one attached hydrogen (secondary N) is 2. The molecule has 0 unspecified atom stereocenters. The second kappa shape index (κ2) is 8.65. The van der Waals surface area contributed by atoms with E-state index in [0.717, 1.165) is 17.3 Å². The molecule has 3 N–H and O–H groups in total. The summed E-state index contributed by atoms with van der Waals surface area (Å²) in [5, 5.41) is 15.3. The van der Waals surface area contributed by atoms with Gasteiger partial charge >= 0.3 is 0 Å². The Kier molecular flexibility index (Phi) is 5.59. The standard InChI is InChI=1S/C24H20N4O4/c1-3-22(30)25-19-14-15(8-13-21(19)29)23(31)27-24-26-18-6-4-5-7-20(18)28(24)16-9-11-17(32-2)12-10-16/h3-14,29H,1H2,2H3,(H,25,30)(H,26,27,31). The van der Waals surface area contributed by atoms with E-state index in [2.05, 4.69) is 22.2 Å². The maximum absolute atomic E-state index is 13.0. The average Bonchev–Trinajstić information content (AvgIpc) is 3.18. The maximum Gasteiger partial charge on any atom is 0.258 e. The number of phenols is 1. The number of carbonyl (C=O) groups excluding carboxylic acids is 2. The van der Waals surface area contributed by atoms with E-state index in [1.54, 1.807) is 7.11 Å². The summed E-state index contributed by atoms with van der Waals surface area (Å²) >= 11 is 0. The minimum Gasteiger partial charge on any atom is -0.506 e. The van der Waals surface area contributed by atoms with Crippen molar-refractivity contribution >= 4 is 34.5 Å². The molecule has 0 aliphatic rings. The van der Waals surface area contributed by atoms with Crippen LogP contribution in [0, 0.1) is 0 Å². The fourth-order valence-electron chi connectivity index (χ4n) is 3.24. The molecular formula is C24H20N4O4. The third-order valence-electron chi connectivity index (χ3n) is 4.82. The van der Waals surface area contributed by atoms with Crippen molar-refractivity contribution in [1.29, 1.82) is 0 Å². The van der Waals surface area contributed by atoms with E-state index in [0.29, 0.717) is 17.2 Å². The van der Waals surface area contributed by atoms with Crippen LogP contribution in [0.4, 0.5) is 11.6 Å². The molecule has 160 valence electrons. The van der Waals surface area contributed by atoms with Crippen LogP contribution in [0.15, 0.2) is 79.4 Å². The number of hydrogen-bond donors (Lipinski definition) is 3. The van der Waals surface area contributed by atoms with Gasteiger partial charge in [0, 0.05) is 11.3 Å². The second-order valence-corrected chi connectivity index (χ2v) is 6.84. The molecule has 1 heterocycles. The third kappa shape index (κ3) is 4.01. The predicted octanol–water partition coefficient (Wildman–Crippen LogP) is 4.12. The lowest BCUT2D eigenvalue weighted by atomic mass is 10.1. The number of hydrogen-bond acceptors (Lipinski definition) is 5. The van der Waals surface area contributed by atoms with Crippen molar-refractivity contribution in [2.24, 2.45) is 0 Å². The number of benzene rings is 3. The second-order valence-electron chi connectivity index (χ2n) is 6.84. The lowest BCUT2D eigenvalue weighted by molar-refractivity contribution is -0.111. The number of ether oxygens (including phenoxy) is 1. The van der Waals surface area contributed by atoms with Gasteiger partial charge in [0.25, 0.3) is 5.91 Å². The number of aromatic hydroxyl groups is 1. The van der Waals surface area contributed by atoms with Crippen LogP contribution in [0.5, 0.6) is 11.5 Å². The van der Waals surface area contributed by atoms with E-state index in [9.17, 15) is 14.7 Å². The smallest absolute Gasteiger partial charge is 0.258 e. The maximum atomic E-state index is 13.0.